The molecule has 3 aromatic rings. The van der Waals surface area contributed by atoms with E-state index in [0.717, 1.165) is 17.7 Å². The van der Waals surface area contributed by atoms with Crippen LogP contribution in [0.1, 0.15) is 11.1 Å². The Kier molecular flexibility index (Phi) is 6.13. The van der Waals surface area contributed by atoms with Crippen molar-refractivity contribution in [3.8, 4) is 17.4 Å². The summed E-state index contributed by atoms with van der Waals surface area (Å²) in [7, 11) is 1.57. The van der Waals surface area contributed by atoms with Crippen molar-refractivity contribution in [1.82, 2.24) is 10.5 Å². The van der Waals surface area contributed by atoms with Gasteiger partial charge in [-0.25, -0.2) is 13.8 Å². The van der Waals surface area contributed by atoms with Gasteiger partial charge in [0.1, 0.15) is 5.75 Å². The molecule has 0 amide bonds. The standard InChI is InChI=1S/C20H17F2N3O3/c1-27-14-9-7-13(8-10-14)12-24-19(25-26)15-4-3-11-23-20(15)28-18-16(21)5-2-6-17(18)22/h2-11,26H,12H2,1H3,(H,24,25). The van der Waals surface area contributed by atoms with Crippen LogP contribution in [0.2, 0.25) is 0 Å². The molecule has 0 bridgehead atoms. The van der Waals surface area contributed by atoms with Crippen LogP contribution in [-0.4, -0.2) is 23.1 Å². The molecule has 0 aliphatic rings. The molecule has 0 saturated carbocycles. The summed E-state index contributed by atoms with van der Waals surface area (Å²) in [5.74, 6) is -1.69. The van der Waals surface area contributed by atoms with E-state index in [4.69, 9.17) is 9.47 Å². The highest BCUT2D eigenvalue weighted by Crippen LogP contribution is 2.28. The predicted octanol–water partition coefficient (Wildman–Crippen LogP) is 4.09. The molecule has 0 atom stereocenters. The van der Waals surface area contributed by atoms with Crippen LogP contribution in [-0.2, 0) is 6.54 Å². The number of hydrogen-bond acceptors (Lipinski definition) is 5. The first-order valence-electron chi connectivity index (χ1n) is 8.27. The zero-order valence-electron chi connectivity index (χ0n) is 14.9. The summed E-state index contributed by atoms with van der Waals surface area (Å²) in [5, 5.41) is 9.51. The second kappa shape index (κ2) is 8.92. The van der Waals surface area contributed by atoms with Crippen LogP contribution in [0, 0.1) is 11.6 Å². The Hall–Kier alpha value is -3.52. The number of halogens is 2. The second-order valence-electron chi connectivity index (χ2n) is 5.63. The maximum Gasteiger partial charge on any atom is 0.230 e. The lowest BCUT2D eigenvalue weighted by molar-refractivity contribution is 0.234. The Balaban J connectivity index is 1.88. The minimum absolute atomic E-state index is 0.0377. The minimum Gasteiger partial charge on any atom is -0.497 e. The number of nitrogens with zero attached hydrogens (tertiary/aromatic N) is 2. The van der Waals surface area contributed by atoms with E-state index < -0.39 is 17.4 Å². The molecular formula is C20H17F2N3O3. The first kappa shape index (κ1) is 19.2. The first-order chi connectivity index (χ1) is 13.6. The number of nitrogens with one attached hydrogen (secondary N) is 1. The smallest absolute Gasteiger partial charge is 0.230 e. The highest BCUT2D eigenvalue weighted by Gasteiger charge is 2.17. The van der Waals surface area contributed by atoms with Gasteiger partial charge < -0.3 is 9.47 Å². The van der Waals surface area contributed by atoms with Gasteiger partial charge in [-0.2, -0.15) is 0 Å². The summed E-state index contributed by atoms with van der Waals surface area (Å²) in [4.78, 5) is 8.29. The number of ether oxygens (including phenoxy) is 2. The quantitative estimate of drug-likeness (QED) is 0.380. The first-order valence-corrected chi connectivity index (χ1v) is 8.27. The fourth-order valence-corrected chi connectivity index (χ4v) is 2.41. The minimum atomic E-state index is -0.870. The van der Waals surface area contributed by atoms with Crippen molar-refractivity contribution in [1.29, 1.82) is 0 Å². The van der Waals surface area contributed by atoms with Gasteiger partial charge in [0.2, 0.25) is 11.6 Å². The Labute approximate surface area is 160 Å². The normalized spacial score (nSPS) is 11.2. The molecule has 8 heteroatoms. The number of hydroxylamine groups is 1. The molecule has 1 aromatic heterocycles. The average Bonchev–Trinajstić information content (AvgIpc) is 2.72. The van der Waals surface area contributed by atoms with Gasteiger partial charge >= 0.3 is 0 Å². The van der Waals surface area contributed by atoms with Crippen LogP contribution >= 0.6 is 0 Å². The highest BCUT2D eigenvalue weighted by molar-refractivity contribution is 6.00. The maximum atomic E-state index is 13.9. The van der Waals surface area contributed by atoms with Gasteiger partial charge in [0, 0.05) is 6.20 Å². The Bertz CT molecular complexity index is 958. The number of para-hydroxylation sites is 1. The van der Waals surface area contributed by atoms with Crippen molar-refractivity contribution in [3.63, 3.8) is 0 Å². The van der Waals surface area contributed by atoms with E-state index in [1.165, 1.54) is 12.3 Å². The summed E-state index contributed by atoms with van der Waals surface area (Å²) >= 11 is 0. The molecule has 0 fully saturated rings. The van der Waals surface area contributed by atoms with Crippen molar-refractivity contribution >= 4 is 5.84 Å². The van der Waals surface area contributed by atoms with Crippen molar-refractivity contribution in [3.05, 3.63) is 83.6 Å². The Morgan fingerprint density at radius 2 is 1.79 bits per heavy atom. The highest BCUT2D eigenvalue weighted by atomic mass is 19.1. The zero-order valence-corrected chi connectivity index (χ0v) is 14.9. The lowest BCUT2D eigenvalue weighted by Crippen LogP contribution is -2.21. The summed E-state index contributed by atoms with van der Waals surface area (Å²) in [6.45, 7) is 0.231. The van der Waals surface area contributed by atoms with Gasteiger partial charge in [-0.3, -0.25) is 15.7 Å². The number of aromatic nitrogens is 1. The fraction of sp³-hybridized carbons (Fsp3) is 0.100. The largest absolute Gasteiger partial charge is 0.497 e. The molecule has 0 aliphatic heterocycles. The number of rotatable bonds is 6. The van der Waals surface area contributed by atoms with E-state index in [-0.39, 0.29) is 23.8 Å². The summed E-state index contributed by atoms with van der Waals surface area (Å²) in [6, 6.07) is 13.7. The lowest BCUT2D eigenvalue weighted by atomic mass is 10.2. The summed E-state index contributed by atoms with van der Waals surface area (Å²) < 4.78 is 38.2. The summed E-state index contributed by atoms with van der Waals surface area (Å²) in [5.41, 5.74) is 3.08. The number of aliphatic imine (C=N–C) groups is 1. The zero-order chi connectivity index (χ0) is 19.9. The van der Waals surface area contributed by atoms with Gasteiger partial charge in [0.15, 0.2) is 17.5 Å². The van der Waals surface area contributed by atoms with Gasteiger partial charge in [-0.05, 0) is 42.0 Å². The van der Waals surface area contributed by atoms with E-state index in [0.29, 0.717) is 5.75 Å². The molecule has 1 heterocycles. The third-order valence-electron chi connectivity index (χ3n) is 3.83. The van der Waals surface area contributed by atoms with Crippen molar-refractivity contribution < 1.29 is 23.5 Å². The molecule has 2 N–H and O–H groups in total. The van der Waals surface area contributed by atoms with Gasteiger partial charge in [0.25, 0.3) is 0 Å². The second-order valence-corrected chi connectivity index (χ2v) is 5.63. The molecule has 0 aliphatic carbocycles. The molecule has 0 spiro atoms. The van der Waals surface area contributed by atoms with Gasteiger partial charge in [-0.1, -0.05) is 18.2 Å². The SMILES string of the molecule is COc1ccc(CN=C(NO)c2cccnc2Oc2c(F)cccc2F)cc1. The van der Waals surface area contributed by atoms with Gasteiger partial charge in [0.05, 0.1) is 19.2 Å². The fourth-order valence-electron chi connectivity index (χ4n) is 2.41. The van der Waals surface area contributed by atoms with Crippen LogP contribution in [0.25, 0.3) is 0 Å². The molecule has 0 radical (unpaired) electrons. The topological polar surface area (TPSA) is 76.0 Å². The van der Waals surface area contributed by atoms with Crippen LogP contribution in [0.3, 0.4) is 0 Å². The number of hydrogen-bond donors (Lipinski definition) is 2. The van der Waals surface area contributed by atoms with Crippen LogP contribution in [0.5, 0.6) is 17.4 Å². The van der Waals surface area contributed by atoms with E-state index in [1.54, 1.807) is 31.4 Å². The molecule has 28 heavy (non-hydrogen) atoms. The molecule has 0 saturated heterocycles. The number of pyridine rings is 1. The molecule has 0 unspecified atom stereocenters. The number of amidine groups is 1. The Morgan fingerprint density at radius 3 is 2.43 bits per heavy atom. The van der Waals surface area contributed by atoms with Gasteiger partial charge in [-0.15, -0.1) is 0 Å². The van der Waals surface area contributed by atoms with Crippen LogP contribution < -0.4 is 15.0 Å². The van der Waals surface area contributed by atoms with Crippen molar-refractivity contribution in [2.75, 3.05) is 7.11 Å². The van der Waals surface area contributed by atoms with E-state index in [2.05, 4.69) is 9.98 Å². The molecule has 144 valence electrons. The third-order valence-corrected chi connectivity index (χ3v) is 3.83. The molecular weight excluding hydrogens is 368 g/mol. The predicted molar refractivity (Wildman–Crippen MR) is 98.8 cm³/mol. The third kappa shape index (κ3) is 4.41. The number of benzene rings is 2. The van der Waals surface area contributed by atoms with E-state index >= 15 is 0 Å². The monoisotopic (exact) mass is 385 g/mol. The van der Waals surface area contributed by atoms with E-state index in [9.17, 15) is 14.0 Å². The van der Waals surface area contributed by atoms with Crippen LogP contribution in [0.4, 0.5) is 8.78 Å². The summed E-state index contributed by atoms with van der Waals surface area (Å²) in [6.07, 6.45) is 1.40. The Morgan fingerprint density at radius 1 is 1.07 bits per heavy atom. The average molecular weight is 385 g/mol. The van der Waals surface area contributed by atoms with Crippen molar-refractivity contribution in [2.45, 2.75) is 6.54 Å². The van der Waals surface area contributed by atoms with Crippen LogP contribution in [0.15, 0.2) is 65.8 Å². The van der Waals surface area contributed by atoms with Crippen molar-refractivity contribution in [2.24, 2.45) is 4.99 Å². The number of methoxy groups -OCH3 is 1. The molecule has 2 aromatic carbocycles. The molecule has 3 rings (SSSR count). The lowest BCUT2D eigenvalue weighted by Gasteiger charge is -2.12. The molecule has 6 nitrogen and oxygen atoms in total. The van der Waals surface area contributed by atoms with E-state index in [1.807, 2.05) is 17.6 Å². The maximum absolute atomic E-state index is 13.9.